The van der Waals surface area contributed by atoms with Crippen LogP contribution in [0.1, 0.15) is 0 Å². The van der Waals surface area contributed by atoms with E-state index in [1.54, 1.807) is 41.8 Å². The largest absolute Gasteiger partial charge is 0.493 e. The van der Waals surface area contributed by atoms with Gasteiger partial charge >= 0.3 is 5.97 Å². The van der Waals surface area contributed by atoms with E-state index < -0.39 is 18.5 Å². The predicted molar refractivity (Wildman–Crippen MR) is 106 cm³/mol. The van der Waals surface area contributed by atoms with Gasteiger partial charge in [0.15, 0.2) is 29.8 Å². The first kappa shape index (κ1) is 20.3. The second-order valence-corrected chi connectivity index (χ2v) is 6.55. The smallest absolute Gasteiger partial charge is 0.344 e. The van der Waals surface area contributed by atoms with Crippen LogP contribution in [0.2, 0.25) is 0 Å². The summed E-state index contributed by atoms with van der Waals surface area (Å²) in [5, 5.41) is 4.62. The number of nitrogens with zero attached hydrogens (tertiary/aromatic N) is 1. The molecule has 0 aliphatic heterocycles. The molecule has 1 heterocycles. The van der Waals surface area contributed by atoms with Gasteiger partial charge in [0.25, 0.3) is 5.91 Å². The number of anilines is 1. The Hall–Kier alpha value is -3.46. The molecule has 0 fully saturated rings. The lowest BCUT2D eigenvalue weighted by Crippen LogP contribution is -2.23. The Morgan fingerprint density at radius 2 is 1.79 bits per heavy atom. The van der Waals surface area contributed by atoms with Gasteiger partial charge in [0, 0.05) is 10.9 Å². The molecule has 0 unspecified atom stereocenters. The van der Waals surface area contributed by atoms with Crippen molar-refractivity contribution in [3.05, 3.63) is 59.7 Å². The second-order valence-electron chi connectivity index (χ2n) is 5.69. The molecule has 29 heavy (non-hydrogen) atoms. The Bertz CT molecular complexity index is 991. The Morgan fingerprint density at radius 1 is 1.07 bits per heavy atom. The van der Waals surface area contributed by atoms with Crippen LogP contribution in [0.15, 0.2) is 53.9 Å². The molecule has 1 aromatic heterocycles. The zero-order chi connectivity index (χ0) is 20.6. The van der Waals surface area contributed by atoms with E-state index in [0.29, 0.717) is 22.3 Å². The standard InChI is InChI=1S/C20H17FN2O5S/c1-26-16-4-2-3-5-17(16)27-11-19(25)28-10-18(24)23-20-22-15(12-29-20)13-6-8-14(21)9-7-13/h2-9,12H,10-11H2,1H3,(H,22,23,24). The number of methoxy groups -OCH3 is 1. The first-order valence-corrected chi connectivity index (χ1v) is 9.36. The summed E-state index contributed by atoms with van der Waals surface area (Å²) >= 11 is 1.21. The van der Waals surface area contributed by atoms with E-state index in [4.69, 9.17) is 14.2 Å². The first-order valence-electron chi connectivity index (χ1n) is 8.48. The number of carbonyl (C=O) groups excluding carboxylic acids is 2. The average molecular weight is 416 g/mol. The highest BCUT2D eigenvalue weighted by Gasteiger charge is 2.12. The summed E-state index contributed by atoms with van der Waals surface area (Å²) in [7, 11) is 1.49. The number of amides is 1. The third-order valence-electron chi connectivity index (χ3n) is 3.67. The molecule has 0 bridgehead atoms. The van der Waals surface area contributed by atoms with E-state index in [-0.39, 0.29) is 12.4 Å². The summed E-state index contributed by atoms with van der Waals surface area (Å²) in [5.74, 6) is -0.687. The van der Waals surface area contributed by atoms with Crippen LogP contribution >= 0.6 is 11.3 Å². The van der Waals surface area contributed by atoms with Gasteiger partial charge in [-0.3, -0.25) is 10.1 Å². The van der Waals surface area contributed by atoms with Gasteiger partial charge < -0.3 is 14.2 Å². The number of rotatable bonds is 8. The first-order chi connectivity index (χ1) is 14.0. The minimum Gasteiger partial charge on any atom is -0.493 e. The fourth-order valence-electron chi connectivity index (χ4n) is 2.30. The third-order valence-corrected chi connectivity index (χ3v) is 4.43. The fourth-order valence-corrected chi connectivity index (χ4v) is 3.04. The molecule has 0 aliphatic carbocycles. The number of carbonyl (C=O) groups is 2. The summed E-state index contributed by atoms with van der Waals surface area (Å²) in [5.41, 5.74) is 1.33. The fraction of sp³-hybridized carbons (Fsp3) is 0.150. The molecule has 3 rings (SSSR count). The molecule has 0 spiro atoms. The maximum atomic E-state index is 13.0. The number of nitrogens with one attached hydrogen (secondary N) is 1. The molecule has 0 radical (unpaired) electrons. The van der Waals surface area contributed by atoms with Crippen LogP contribution in [0.5, 0.6) is 11.5 Å². The van der Waals surface area contributed by atoms with Gasteiger partial charge in [0.05, 0.1) is 12.8 Å². The van der Waals surface area contributed by atoms with Crippen molar-refractivity contribution in [2.75, 3.05) is 25.6 Å². The molecular formula is C20H17FN2O5S. The van der Waals surface area contributed by atoms with E-state index in [2.05, 4.69) is 10.3 Å². The number of benzene rings is 2. The number of thiazole rings is 1. The van der Waals surface area contributed by atoms with Gasteiger partial charge in [-0.25, -0.2) is 14.2 Å². The summed E-state index contributed by atoms with van der Waals surface area (Å²) in [4.78, 5) is 28.0. The maximum Gasteiger partial charge on any atom is 0.344 e. The molecule has 7 nitrogen and oxygen atoms in total. The SMILES string of the molecule is COc1ccccc1OCC(=O)OCC(=O)Nc1nc(-c2ccc(F)cc2)cs1. The molecule has 0 aliphatic rings. The van der Waals surface area contributed by atoms with E-state index >= 15 is 0 Å². The molecule has 9 heteroatoms. The minimum absolute atomic E-state index is 0.339. The average Bonchev–Trinajstić information content (AvgIpc) is 3.19. The number of para-hydroxylation sites is 2. The Morgan fingerprint density at radius 3 is 2.52 bits per heavy atom. The number of ether oxygens (including phenoxy) is 3. The minimum atomic E-state index is -0.697. The van der Waals surface area contributed by atoms with Crippen LogP contribution in [0, 0.1) is 5.82 Å². The Labute approximate surface area is 170 Å². The molecule has 150 valence electrons. The number of halogens is 1. The molecule has 1 amide bonds. The third kappa shape index (κ3) is 5.76. The van der Waals surface area contributed by atoms with Crippen molar-refractivity contribution in [2.45, 2.75) is 0 Å². The lowest BCUT2D eigenvalue weighted by Gasteiger charge is -2.09. The highest BCUT2D eigenvalue weighted by molar-refractivity contribution is 7.14. The van der Waals surface area contributed by atoms with Gasteiger partial charge in [-0.05, 0) is 36.4 Å². The normalized spacial score (nSPS) is 10.3. The van der Waals surface area contributed by atoms with Crippen molar-refractivity contribution in [1.82, 2.24) is 4.98 Å². The van der Waals surface area contributed by atoms with Crippen molar-refractivity contribution in [1.29, 1.82) is 0 Å². The van der Waals surface area contributed by atoms with Crippen molar-refractivity contribution >= 4 is 28.3 Å². The van der Waals surface area contributed by atoms with Crippen LogP contribution in [0.25, 0.3) is 11.3 Å². The van der Waals surface area contributed by atoms with Crippen LogP contribution in [0.3, 0.4) is 0 Å². The van der Waals surface area contributed by atoms with Gasteiger partial charge in [0.2, 0.25) is 0 Å². The quantitative estimate of drug-likeness (QED) is 0.566. The lowest BCUT2D eigenvalue weighted by atomic mass is 10.2. The topological polar surface area (TPSA) is 86.8 Å². The zero-order valence-corrected chi connectivity index (χ0v) is 16.2. The van der Waals surface area contributed by atoms with Crippen molar-refractivity contribution in [3.63, 3.8) is 0 Å². The number of hydrogen-bond acceptors (Lipinski definition) is 7. The monoisotopic (exact) mass is 416 g/mol. The molecule has 0 atom stereocenters. The van der Waals surface area contributed by atoms with Crippen molar-refractivity contribution < 1.29 is 28.2 Å². The molecule has 0 saturated carbocycles. The van der Waals surface area contributed by atoms with E-state index in [1.165, 1.54) is 30.6 Å². The van der Waals surface area contributed by atoms with Crippen LogP contribution in [0.4, 0.5) is 9.52 Å². The second kappa shape index (κ2) is 9.65. The number of hydrogen-bond donors (Lipinski definition) is 1. The summed E-state index contributed by atoms with van der Waals surface area (Å²) < 4.78 is 28.3. The van der Waals surface area contributed by atoms with Crippen LogP contribution < -0.4 is 14.8 Å². The Balaban J connectivity index is 1.45. The summed E-state index contributed by atoms with van der Waals surface area (Å²) in [6.07, 6.45) is 0. The molecule has 0 saturated heterocycles. The molecule has 1 N–H and O–H groups in total. The van der Waals surface area contributed by atoms with E-state index in [9.17, 15) is 14.0 Å². The van der Waals surface area contributed by atoms with E-state index in [1.807, 2.05) is 0 Å². The highest BCUT2D eigenvalue weighted by Crippen LogP contribution is 2.26. The summed E-state index contributed by atoms with van der Waals surface area (Å²) in [6, 6.07) is 12.7. The molecule has 2 aromatic carbocycles. The van der Waals surface area contributed by atoms with E-state index in [0.717, 1.165) is 5.56 Å². The van der Waals surface area contributed by atoms with Gasteiger partial charge in [0.1, 0.15) is 5.82 Å². The Kier molecular flexibility index (Phi) is 6.75. The summed E-state index contributed by atoms with van der Waals surface area (Å²) in [6.45, 7) is -0.834. The number of aromatic nitrogens is 1. The van der Waals surface area contributed by atoms with Crippen molar-refractivity contribution in [3.8, 4) is 22.8 Å². The molecule has 3 aromatic rings. The van der Waals surface area contributed by atoms with Crippen LogP contribution in [-0.2, 0) is 14.3 Å². The number of esters is 1. The maximum absolute atomic E-state index is 13.0. The lowest BCUT2D eigenvalue weighted by molar-refractivity contribution is -0.149. The predicted octanol–water partition coefficient (Wildman–Crippen LogP) is 3.52. The van der Waals surface area contributed by atoms with Crippen molar-refractivity contribution in [2.24, 2.45) is 0 Å². The van der Waals surface area contributed by atoms with Gasteiger partial charge in [-0.1, -0.05) is 12.1 Å². The highest BCUT2D eigenvalue weighted by atomic mass is 32.1. The zero-order valence-electron chi connectivity index (χ0n) is 15.4. The van der Waals surface area contributed by atoms with Crippen LogP contribution in [-0.4, -0.2) is 37.2 Å². The van der Waals surface area contributed by atoms with Gasteiger partial charge in [-0.15, -0.1) is 11.3 Å². The van der Waals surface area contributed by atoms with Gasteiger partial charge in [-0.2, -0.15) is 0 Å². The molecular weight excluding hydrogens is 399 g/mol.